The van der Waals surface area contributed by atoms with Crippen molar-refractivity contribution in [2.45, 2.75) is 25.0 Å². The Balaban J connectivity index is 1.66. The highest BCUT2D eigenvalue weighted by Gasteiger charge is 2.30. The van der Waals surface area contributed by atoms with Crippen molar-refractivity contribution in [3.05, 3.63) is 65.2 Å². The molecule has 1 aliphatic rings. The summed E-state index contributed by atoms with van der Waals surface area (Å²) in [5.74, 6) is -0.546. The third-order valence-corrected chi connectivity index (χ3v) is 6.02. The number of morpholine rings is 1. The summed E-state index contributed by atoms with van der Waals surface area (Å²) in [6, 6.07) is 11.2. The number of anilines is 1. The van der Waals surface area contributed by atoms with Gasteiger partial charge in [0.15, 0.2) is 0 Å². The van der Waals surface area contributed by atoms with Crippen molar-refractivity contribution in [1.29, 1.82) is 0 Å². The first-order chi connectivity index (χ1) is 13.7. The number of halogens is 3. The van der Waals surface area contributed by atoms with Crippen molar-refractivity contribution in [3.8, 4) is 0 Å². The van der Waals surface area contributed by atoms with Gasteiger partial charge in [-0.25, -0.2) is 8.42 Å². The van der Waals surface area contributed by atoms with Gasteiger partial charge in [0, 0.05) is 18.8 Å². The molecule has 1 heterocycles. The maximum Gasteiger partial charge on any atom is 0.416 e. The molecular weight excluding hydrogens is 405 g/mol. The number of hydrogen-bond donors (Lipinski definition) is 1. The Kier molecular flexibility index (Phi) is 6.50. The summed E-state index contributed by atoms with van der Waals surface area (Å²) in [7, 11) is -3.86. The molecule has 158 valence electrons. The molecule has 0 amide bonds. The standard InChI is InChI=1S/C20H23F3N2O3S/c1-2-25-10-11-28-19(13-25)16-6-8-18(9-7-16)24-29(26,27)14-15-4-3-5-17(12-15)20(21,22)23/h3-9,12,19,24H,2,10-11,13-14H2,1H3. The van der Waals surface area contributed by atoms with Crippen LogP contribution in [0.1, 0.15) is 29.7 Å². The van der Waals surface area contributed by atoms with Crippen molar-refractivity contribution in [3.63, 3.8) is 0 Å². The van der Waals surface area contributed by atoms with Crippen molar-refractivity contribution in [1.82, 2.24) is 4.90 Å². The number of hydrogen-bond acceptors (Lipinski definition) is 4. The molecule has 0 aromatic heterocycles. The van der Waals surface area contributed by atoms with E-state index in [9.17, 15) is 21.6 Å². The fraction of sp³-hybridized carbons (Fsp3) is 0.400. The summed E-state index contributed by atoms with van der Waals surface area (Å²) < 4.78 is 71.4. The normalized spacial score (nSPS) is 18.6. The first-order valence-corrected chi connectivity index (χ1v) is 10.9. The van der Waals surface area contributed by atoms with Gasteiger partial charge in [-0.2, -0.15) is 13.2 Å². The summed E-state index contributed by atoms with van der Waals surface area (Å²) >= 11 is 0. The van der Waals surface area contributed by atoms with E-state index in [1.165, 1.54) is 12.1 Å². The third kappa shape index (κ3) is 5.94. The molecule has 5 nitrogen and oxygen atoms in total. The summed E-state index contributed by atoms with van der Waals surface area (Å²) in [4.78, 5) is 2.28. The zero-order chi connectivity index (χ0) is 21.1. The maximum atomic E-state index is 12.8. The lowest BCUT2D eigenvalue weighted by Gasteiger charge is -2.32. The fourth-order valence-corrected chi connectivity index (χ4v) is 4.42. The van der Waals surface area contributed by atoms with Crippen LogP contribution in [0.2, 0.25) is 0 Å². The summed E-state index contributed by atoms with van der Waals surface area (Å²) in [5.41, 5.74) is 0.496. The molecule has 0 bridgehead atoms. The van der Waals surface area contributed by atoms with E-state index in [0.29, 0.717) is 12.3 Å². The van der Waals surface area contributed by atoms with Gasteiger partial charge in [0.2, 0.25) is 10.0 Å². The van der Waals surface area contributed by atoms with E-state index in [1.807, 2.05) is 0 Å². The largest absolute Gasteiger partial charge is 0.416 e. The van der Waals surface area contributed by atoms with Crippen LogP contribution >= 0.6 is 0 Å². The van der Waals surface area contributed by atoms with Crippen LogP contribution in [0.25, 0.3) is 0 Å². The minimum Gasteiger partial charge on any atom is -0.371 e. The number of nitrogens with zero attached hydrogens (tertiary/aromatic N) is 1. The lowest BCUT2D eigenvalue weighted by molar-refractivity contribution is -0.137. The van der Waals surface area contributed by atoms with Crippen LogP contribution in [-0.2, 0) is 26.7 Å². The first-order valence-electron chi connectivity index (χ1n) is 9.27. The molecule has 1 aliphatic heterocycles. The molecule has 1 unspecified atom stereocenters. The average Bonchev–Trinajstić information content (AvgIpc) is 2.67. The molecular formula is C20H23F3N2O3S. The van der Waals surface area contributed by atoms with Crippen LogP contribution < -0.4 is 4.72 Å². The molecule has 9 heteroatoms. The zero-order valence-corrected chi connectivity index (χ0v) is 16.8. The molecule has 1 atom stereocenters. The lowest BCUT2D eigenvalue weighted by atomic mass is 10.1. The van der Waals surface area contributed by atoms with Gasteiger partial charge in [-0.1, -0.05) is 37.3 Å². The molecule has 2 aromatic rings. The topological polar surface area (TPSA) is 58.6 Å². The molecule has 0 radical (unpaired) electrons. The molecule has 29 heavy (non-hydrogen) atoms. The Hall–Kier alpha value is -2.10. The van der Waals surface area contributed by atoms with Gasteiger partial charge in [0.1, 0.15) is 0 Å². The molecule has 1 fully saturated rings. The summed E-state index contributed by atoms with van der Waals surface area (Å²) in [6.45, 7) is 5.33. The van der Waals surface area contributed by atoms with Crippen LogP contribution in [-0.4, -0.2) is 39.6 Å². The predicted octanol–water partition coefficient (Wildman–Crippen LogP) is 4.04. The van der Waals surface area contributed by atoms with Crippen molar-refractivity contribution < 1.29 is 26.3 Å². The molecule has 1 saturated heterocycles. The molecule has 1 N–H and O–H groups in total. The minimum absolute atomic E-state index is 0.0687. The van der Waals surface area contributed by atoms with Crippen LogP contribution in [0.3, 0.4) is 0 Å². The van der Waals surface area contributed by atoms with Gasteiger partial charge < -0.3 is 4.74 Å². The Labute approximate surface area is 168 Å². The van der Waals surface area contributed by atoms with Crippen molar-refractivity contribution >= 4 is 15.7 Å². The molecule has 3 rings (SSSR count). The number of likely N-dealkylation sites (N-methyl/N-ethyl adjacent to an activating group) is 1. The van der Waals surface area contributed by atoms with Gasteiger partial charge in [-0.3, -0.25) is 9.62 Å². The Bertz CT molecular complexity index is 931. The molecule has 0 spiro atoms. The number of benzene rings is 2. The van der Waals surface area contributed by atoms with E-state index in [0.717, 1.165) is 37.3 Å². The number of alkyl halides is 3. The second-order valence-corrected chi connectivity index (χ2v) is 8.66. The second-order valence-electron chi connectivity index (χ2n) is 6.93. The van der Waals surface area contributed by atoms with Gasteiger partial charge in [-0.05, 0) is 35.9 Å². The quantitative estimate of drug-likeness (QED) is 0.755. The lowest BCUT2D eigenvalue weighted by Crippen LogP contribution is -2.38. The first kappa shape index (κ1) is 21.6. The smallest absolute Gasteiger partial charge is 0.371 e. The highest BCUT2D eigenvalue weighted by Crippen LogP contribution is 2.30. The molecule has 2 aromatic carbocycles. The predicted molar refractivity (Wildman–Crippen MR) is 105 cm³/mol. The van der Waals surface area contributed by atoms with E-state index < -0.39 is 27.5 Å². The number of sulfonamides is 1. The van der Waals surface area contributed by atoms with E-state index in [4.69, 9.17) is 4.74 Å². The number of rotatable bonds is 6. The fourth-order valence-electron chi connectivity index (χ4n) is 3.23. The Morgan fingerprint density at radius 2 is 1.90 bits per heavy atom. The minimum atomic E-state index is -4.52. The Morgan fingerprint density at radius 3 is 2.55 bits per heavy atom. The zero-order valence-electron chi connectivity index (χ0n) is 15.9. The SMILES string of the molecule is CCN1CCOC(c2ccc(NS(=O)(=O)Cc3cccc(C(F)(F)F)c3)cc2)C1. The van der Waals surface area contributed by atoms with Crippen LogP contribution in [0, 0.1) is 0 Å². The second kappa shape index (κ2) is 8.73. The van der Waals surface area contributed by atoms with Gasteiger partial charge in [-0.15, -0.1) is 0 Å². The van der Waals surface area contributed by atoms with Crippen LogP contribution in [0.15, 0.2) is 48.5 Å². The van der Waals surface area contributed by atoms with E-state index in [-0.39, 0.29) is 11.7 Å². The third-order valence-electron chi connectivity index (χ3n) is 4.76. The van der Waals surface area contributed by atoms with Crippen molar-refractivity contribution in [2.24, 2.45) is 0 Å². The highest BCUT2D eigenvalue weighted by atomic mass is 32.2. The van der Waals surface area contributed by atoms with E-state index in [2.05, 4.69) is 16.5 Å². The number of ether oxygens (including phenoxy) is 1. The monoisotopic (exact) mass is 428 g/mol. The Morgan fingerprint density at radius 1 is 1.17 bits per heavy atom. The molecule has 0 aliphatic carbocycles. The maximum absolute atomic E-state index is 12.8. The van der Waals surface area contributed by atoms with E-state index in [1.54, 1.807) is 24.3 Å². The summed E-state index contributed by atoms with van der Waals surface area (Å²) in [5, 5.41) is 0. The van der Waals surface area contributed by atoms with Crippen LogP contribution in [0.4, 0.5) is 18.9 Å². The van der Waals surface area contributed by atoms with Gasteiger partial charge in [0.05, 0.1) is 24.0 Å². The van der Waals surface area contributed by atoms with Crippen LogP contribution in [0.5, 0.6) is 0 Å². The van der Waals surface area contributed by atoms with E-state index >= 15 is 0 Å². The van der Waals surface area contributed by atoms with Gasteiger partial charge in [0.25, 0.3) is 0 Å². The van der Waals surface area contributed by atoms with Crippen molar-refractivity contribution in [2.75, 3.05) is 31.0 Å². The number of nitrogens with one attached hydrogen (secondary N) is 1. The highest BCUT2D eigenvalue weighted by molar-refractivity contribution is 7.91. The summed E-state index contributed by atoms with van der Waals surface area (Å²) in [6.07, 6.45) is -4.59. The average molecular weight is 428 g/mol. The van der Waals surface area contributed by atoms with Gasteiger partial charge >= 0.3 is 6.18 Å². The molecule has 0 saturated carbocycles.